The first-order valence-electron chi connectivity index (χ1n) is 7.34. The lowest BCUT2D eigenvalue weighted by molar-refractivity contribution is 0.103. The van der Waals surface area contributed by atoms with Crippen LogP contribution in [0.3, 0.4) is 0 Å². The number of ether oxygens (including phenoxy) is 1. The standard InChI is InChI=1S/C20H18O2/c1-20(2)17(13-18(21)15-9-5-3-6-10-15)14-19(22-20)16-11-7-4-8-12-16/h3-14H,1-2H3. The number of carbonyl (C=O) groups is 1. The minimum atomic E-state index is -0.504. The third kappa shape index (κ3) is 2.86. The highest BCUT2D eigenvalue weighted by atomic mass is 16.5. The molecule has 0 spiro atoms. The summed E-state index contributed by atoms with van der Waals surface area (Å²) in [7, 11) is 0. The second-order valence-corrected chi connectivity index (χ2v) is 5.82. The average Bonchev–Trinajstić information content (AvgIpc) is 2.84. The van der Waals surface area contributed by atoms with Gasteiger partial charge in [0.05, 0.1) is 0 Å². The maximum absolute atomic E-state index is 12.4. The van der Waals surface area contributed by atoms with Crippen molar-refractivity contribution >= 4 is 11.5 Å². The first-order valence-corrected chi connectivity index (χ1v) is 7.34. The van der Waals surface area contributed by atoms with Crippen LogP contribution in [0.15, 0.2) is 78.4 Å². The molecule has 1 aliphatic rings. The van der Waals surface area contributed by atoms with Gasteiger partial charge in [-0.25, -0.2) is 0 Å². The fourth-order valence-corrected chi connectivity index (χ4v) is 2.47. The average molecular weight is 290 g/mol. The number of allylic oxidation sites excluding steroid dienone is 1. The molecule has 2 aromatic rings. The fourth-order valence-electron chi connectivity index (χ4n) is 2.47. The third-order valence-corrected chi connectivity index (χ3v) is 3.75. The summed E-state index contributed by atoms with van der Waals surface area (Å²) in [6.07, 6.45) is 3.63. The van der Waals surface area contributed by atoms with Gasteiger partial charge in [0.15, 0.2) is 5.78 Å². The van der Waals surface area contributed by atoms with Crippen LogP contribution in [0.25, 0.3) is 5.76 Å². The monoisotopic (exact) mass is 290 g/mol. The Balaban J connectivity index is 1.94. The molecular weight excluding hydrogens is 272 g/mol. The van der Waals surface area contributed by atoms with E-state index in [1.54, 1.807) is 6.08 Å². The molecule has 0 N–H and O–H groups in total. The largest absolute Gasteiger partial charge is 0.483 e. The Hall–Kier alpha value is -2.61. The van der Waals surface area contributed by atoms with Gasteiger partial charge < -0.3 is 4.74 Å². The van der Waals surface area contributed by atoms with E-state index in [0.29, 0.717) is 5.56 Å². The Bertz CT molecular complexity index is 738. The van der Waals surface area contributed by atoms with E-state index in [0.717, 1.165) is 16.9 Å². The lowest BCUT2D eigenvalue weighted by Gasteiger charge is -2.21. The van der Waals surface area contributed by atoms with Gasteiger partial charge in [0.1, 0.15) is 11.4 Å². The van der Waals surface area contributed by atoms with E-state index < -0.39 is 5.60 Å². The number of ketones is 1. The lowest BCUT2D eigenvalue weighted by Crippen LogP contribution is -2.21. The van der Waals surface area contributed by atoms with Crippen LogP contribution >= 0.6 is 0 Å². The molecule has 0 atom stereocenters. The molecule has 1 aliphatic heterocycles. The van der Waals surface area contributed by atoms with Gasteiger partial charge >= 0.3 is 0 Å². The molecule has 2 heteroatoms. The van der Waals surface area contributed by atoms with Gasteiger partial charge in [0.25, 0.3) is 0 Å². The first kappa shape index (κ1) is 14.3. The number of hydrogen-bond acceptors (Lipinski definition) is 2. The molecule has 0 fully saturated rings. The molecule has 2 nitrogen and oxygen atoms in total. The lowest BCUT2D eigenvalue weighted by atomic mass is 9.96. The molecule has 2 aromatic carbocycles. The van der Waals surface area contributed by atoms with Gasteiger partial charge in [0, 0.05) is 16.7 Å². The Labute approximate surface area is 130 Å². The normalized spacial score (nSPS) is 17.9. The Morgan fingerprint density at radius 2 is 1.55 bits per heavy atom. The minimum absolute atomic E-state index is 0.00200. The third-order valence-electron chi connectivity index (χ3n) is 3.75. The van der Waals surface area contributed by atoms with Gasteiger partial charge in [-0.2, -0.15) is 0 Å². The summed E-state index contributed by atoms with van der Waals surface area (Å²) in [6, 6.07) is 19.2. The van der Waals surface area contributed by atoms with E-state index in [1.807, 2.05) is 80.6 Å². The van der Waals surface area contributed by atoms with Crippen LogP contribution in [0.1, 0.15) is 29.8 Å². The van der Waals surface area contributed by atoms with Crippen molar-refractivity contribution < 1.29 is 9.53 Å². The SMILES string of the molecule is CC1(C)OC(c2ccccc2)=CC1=CC(=O)c1ccccc1. The highest BCUT2D eigenvalue weighted by Gasteiger charge is 2.32. The summed E-state index contributed by atoms with van der Waals surface area (Å²) in [6.45, 7) is 3.95. The summed E-state index contributed by atoms with van der Waals surface area (Å²) >= 11 is 0. The van der Waals surface area contributed by atoms with Gasteiger partial charge in [-0.3, -0.25) is 4.79 Å². The quantitative estimate of drug-likeness (QED) is 0.608. The minimum Gasteiger partial charge on any atom is -0.483 e. The van der Waals surface area contributed by atoms with Crippen LogP contribution in [0.4, 0.5) is 0 Å². The Morgan fingerprint density at radius 1 is 0.955 bits per heavy atom. The molecule has 22 heavy (non-hydrogen) atoms. The molecular formula is C20H18O2. The van der Waals surface area contributed by atoms with Crippen molar-refractivity contribution in [3.05, 3.63) is 89.5 Å². The van der Waals surface area contributed by atoms with Gasteiger partial charge in [-0.1, -0.05) is 60.7 Å². The van der Waals surface area contributed by atoms with Gasteiger partial charge in [0.2, 0.25) is 0 Å². The van der Waals surface area contributed by atoms with E-state index in [9.17, 15) is 4.79 Å². The molecule has 1 heterocycles. The molecule has 0 saturated heterocycles. The molecule has 0 radical (unpaired) electrons. The van der Waals surface area contributed by atoms with E-state index in [4.69, 9.17) is 4.74 Å². The predicted molar refractivity (Wildman–Crippen MR) is 88.4 cm³/mol. The smallest absolute Gasteiger partial charge is 0.186 e. The van der Waals surface area contributed by atoms with Crippen molar-refractivity contribution in [3.63, 3.8) is 0 Å². The number of rotatable bonds is 3. The van der Waals surface area contributed by atoms with Crippen molar-refractivity contribution in [3.8, 4) is 0 Å². The van der Waals surface area contributed by atoms with Crippen LogP contribution in [0, 0.1) is 0 Å². The second-order valence-electron chi connectivity index (χ2n) is 5.82. The molecule has 0 bridgehead atoms. The van der Waals surface area contributed by atoms with E-state index in [1.165, 1.54) is 0 Å². The van der Waals surface area contributed by atoms with Crippen LogP contribution in [0.2, 0.25) is 0 Å². The highest BCUT2D eigenvalue weighted by molar-refractivity contribution is 6.05. The molecule has 0 saturated carbocycles. The second kappa shape index (κ2) is 5.64. The summed E-state index contributed by atoms with van der Waals surface area (Å²) in [4.78, 5) is 12.4. The number of carbonyl (C=O) groups excluding carboxylic acids is 1. The Morgan fingerprint density at radius 3 is 2.18 bits per heavy atom. The maximum Gasteiger partial charge on any atom is 0.186 e. The molecule has 0 amide bonds. The fraction of sp³-hybridized carbons (Fsp3) is 0.150. The van der Waals surface area contributed by atoms with Crippen molar-refractivity contribution in [2.24, 2.45) is 0 Å². The van der Waals surface area contributed by atoms with Crippen LogP contribution in [-0.4, -0.2) is 11.4 Å². The summed E-state index contributed by atoms with van der Waals surface area (Å²) in [5.74, 6) is 0.801. The van der Waals surface area contributed by atoms with Crippen LogP contribution < -0.4 is 0 Å². The van der Waals surface area contributed by atoms with E-state index in [-0.39, 0.29) is 5.78 Å². The highest BCUT2D eigenvalue weighted by Crippen LogP contribution is 2.37. The molecule has 0 aromatic heterocycles. The summed E-state index contributed by atoms with van der Waals surface area (Å²) in [5.41, 5.74) is 2.09. The number of benzene rings is 2. The molecule has 0 unspecified atom stereocenters. The summed E-state index contributed by atoms with van der Waals surface area (Å²) < 4.78 is 6.02. The van der Waals surface area contributed by atoms with Crippen molar-refractivity contribution in [2.45, 2.75) is 19.4 Å². The van der Waals surface area contributed by atoms with Crippen molar-refractivity contribution in [2.75, 3.05) is 0 Å². The van der Waals surface area contributed by atoms with E-state index >= 15 is 0 Å². The van der Waals surface area contributed by atoms with Gasteiger partial charge in [-0.05, 0) is 26.0 Å². The zero-order valence-corrected chi connectivity index (χ0v) is 12.7. The molecule has 3 rings (SSSR count). The van der Waals surface area contributed by atoms with Crippen molar-refractivity contribution in [1.29, 1.82) is 0 Å². The zero-order chi connectivity index (χ0) is 15.6. The van der Waals surface area contributed by atoms with Crippen LogP contribution in [0.5, 0.6) is 0 Å². The van der Waals surface area contributed by atoms with E-state index in [2.05, 4.69) is 0 Å². The predicted octanol–water partition coefficient (Wildman–Crippen LogP) is 4.65. The topological polar surface area (TPSA) is 26.3 Å². The van der Waals surface area contributed by atoms with Crippen LogP contribution in [-0.2, 0) is 4.74 Å². The zero-order valence-electron chi connectivity index (χ0n) is 12.7. The first-order chi connectivity index (χ1) is 10.6. The summed E-state index contributed by atoms with van der Waals surface area (Å²) in [5, 5.41) is 0. The number of hydrogen-bond donors (Lipinski definition) is 0. The van der Waals surface area contributed by atoms with Crippen molar-refractivity contribution in [1.82, 2.24) is 0 Å². The Kier molecular flexibility index (Phi) is 3.68. The maximum atomic E-state index is 12.4. The molecule has 0 aliphatic carbocycles. The van der Waals surface area contributed by atoms with Gasteiger partial charge in [-0.15, -0.1) is 0 Å². The molecule has 110 valence electrons.